The van der Waals surface area contributed by atoms with Crippen LogP contribution < -0.4 is 15.5 Å². The summed E-state index contributed by atoms with van der Waals surface area (Å²) in [4.78, 5) is 22.3. The van der Waals surface area contributed by atoms with E-state index < -0.39 is 23.2 Å². The number of halogens is 2. The number of anilines is 2. The summed E-state index contributed by atoms with van der Waals surface area (Å²) in [5, 5.41) is 5.23. The number of amides is 2. The summed E-state index contributed by atoms with van der Waals surface area (Å²) >= 11 is 0. The van der Waals surface area contributed by atoms with E-state index in [1.54, 1.807) is 11.0 Å². The van der Waals surface area contributed by atoms with Gasteiger partial charge in [0.25, 0.3) is 0 Å². The molecule has 1 saturated carbocycles. The van der Waals surface area contributed by atoms with Gasteiger partial charge in [-0.1, -0.05) is 6.07 Å². The van der Waals surface area contributed by atoms with Crippen molar-refractivity contribution in [2.24, 2.45) is 0 Å². The Morgan fingerprint density at radius 2 is 1.88 bits per heavy atom. The van der Waals surface area contributed by atoms with Gasteiger partial charge >= 0.3 is 6.03 Å². The van der Waals surface area contributed by atoms with E-state index in [0.29, 0.717) is 18.7 Å². The van der Waals surface area contributed by atoms with Crippen molar-refractivity contribution in [1.82, 2.24) is 15.3 Å². The molecule has 2 N–H and O–H groups in total. The Labute approximate surface area is 144 Å². The molecule has 1 aromatic carbocycles. The molecular weight excluding hydrogens is 328 g/mol. The smallest absolute Gasteiger partial charge is 0.322 e. The van der Waals surface area contributed by atoms with Crippen molar-refractivity contribution >= 4 is 17.8 Å². The zero-order valence-electron chi connectivity index (χ0n) is 14.0. The topological polar surface area (TPSA) is 70.2 Å². The van der Waals surface area contributed by atoms with Gasteiger partial charge in [-0.05, 0) is 37.5 Å². The first-order valence-electron chi connectivity index (χ1n) is 7.95. The Hall–Kier alpha value is -2.77. The maximum Gasteiger partial charge on any atom is 0.322 e. The molecule has 3 rings (SSSR count). The molecule has 0 atom stereocenters. The minimum absolute atomic E-state index is 0.0978. The first-order chi connectivity index (χ1) is 11.9. The van der Waals surface area contributed by atoms with Gasteiger partial charge in [-0.3, -0.25) is 5.32 Å². The van der Waals surface area contributed by atoms with Crippen molar-refractivity contribution in [1.29, 1.82) is 0 Å². The molecule has 8 heteroatoms. The average molecular weight is 347 g/mol. The molecule has 25 heavy (non-hydrogen) atoms. The van der Waals surface area contributed by atoms with Crippen molar-refractivity contribution in [2.45, 2.75) is 24.8 Å². The van der Waals surface area contributed by atoms with Crippen LogP contribution >= 0.6 is 0 Å². The van der Waals surface area contributed by atoms with E-state index in [1.165, 1.54) is 24.4 Å². The molecule has 0 unspecified atom stereocenters. The Bertz CT molecular complexity index is 772. The number of nitrogens with one attached hydrogen (secondary N) is 2. The van der Waals surface area contributed by atoms with Gasteiger partial charge in [-0.15, -0.1) is 0 Å². The summed E-state index contributed by atoms with van der Waals surface area (Å²) in [6.45, 7) is 0. The molecule has 2 amide bonds. The summed E-state index contributed by atoms with van der Waals surface area (Å²) in [6, 6.07) is 4.80. The first-order valence-corrected chi connectivity index (χ1v) is 7.95. The Morgan fingerprint density at radius 3 is 2.44 bits per heavy atom. The van der Waals surface area contributed by atoms with Crippen LogP contribution in [0.3, 0.4) is 0 Å². The van der Waals surface area contributed by atoms with Crippen LogP contribution in [0.2, 0.25) is 0 Å². The zero-order valence-corrected chi connectivity index (χ0v) is 14.0. The predicted molar refractivity (Wildman–Crippen MR) is 90.4 cm³/mol. The van der Waals surface area contributed by atoms with Gasteiger partial charge in [0.1, 0.15) is 17.5 Å². The fraction of sp³-hybridized carbons (Fsp3) is 0.353. The maximum atomic E-state index is 14.1. The van der Waals surface area contributed by atoms with Crippen molar-refractivity contribution in [2.75, 3.05) is 24.3 Å². The number of carbonyl (C=O) groups excluding carboxylic acids is 1. The minimum atomic E-state index is -1.04. The second-order valence-corrected chi connectivity index (χ2v) is 6.24. The van der Waals surface area contributed by atoms with E-state index in [9.17, 15) is 13.6 Å². The molecule has 0 saturated heterocycles. The molecule has 2 aromatic rings. The van der Waals surface area contributed by atoms with Crippen molar-refractivity contribution in [3.8, 4) is 0 Å². The molecular formula is C17H19F2N5O. The van der Waals surface area contributed by atoms with Crippen LogP contribution in [0.4, 0.5) is 25.3 Å². The largest absolute Gasteiger partial charge is 0.363 e. The average Bonchev–Trinajstić information content (AvgIpc) is 2.52. The summed E-state index contributed by atoms with van der Waals surface area (Å²) in [7, 11) is 3.63. The van der Waals surface area contributed by atoms with E-state index in [1.807, 2.05) is 14.1 Å². The van der Waals surface area contributed by atoms with E-state index in [2.05, 4.69) is 20.6 Å². The lowest BCUT2D eigenvalue weighted by atomic mass is 9.71. The van der Waals surface area contributed by atoms with Gasteiger partial charge in [0, 0.05) is 25.9 Å². The third-order valence-corrected chi connectivity index (χ3v) is 4.33. The van der Waals surface area contributed by atoms with Gasteiger partial charge in [-0.25, -0.2) is 18.6 Å². The number of aromatic nitrogens is 2. The summed E-state index contributed by atoms with van der Waals surface area (Å²) in [5.41, 5.74) is -1.14. The molecule has 0 bridgehead atoms. The van der Waals surface area contributed by atoms with Crippen LogP contribution in [-0.4, -0.2) is 30.1 Å². The van der Waals surface area contributed by atoms with E-state index in [0.717, 1.165) is 6.42 Å². The molecule has 1 fully saturated rings. The van der Waals surface area contributed by atoms with Crippen LogP contribution in [0.5, 0.6) is 0 Å². The molecule has 0 spiro atoms. The molecule has 1 aliphatic rings. The van der Waals surface area contributed by atoms with Gasteiger partial charge in [0.05, 0.1) is 5.54 Å². The van der Waals surface area contributed by atoms with E-state index in [-0.39, 0.29) is 11.5 Å². The van der Waals surface area contributed by atoms with Crippen LogP contribution in [0.1, 0.15) is 24.8 Å². The number of hydrogen-bond acceptors (Lipinski definition) is 4. The van der Waals surface area contributed by atoms with Gasteiger partial charge < -0.3 is 10.2 Å². The molecule has 1 heterocycles. The lowest BCUT2D eigenvalue weighted by molar-refractivity contribution is 0.175. The van der Waals surface area contributed by atoms with Crippen molar-refractivity contribution in [3.63, 3.8) is 0 Å². The SMILES string of the molecule is CN(C)c1ccnc(NC(=O)NC2(c3c(F)cccc3F)CCC2)n1. The Balaban J connectivity index is 1.78. The number of benzene rings is 1. The third kappa shape index (κ3) is 3.38. The summed E-state index contributed by atoms with van der Waals surface area (Å²) in [5.74, 6) is -0.576. The third-order valence-electron chi connectivity index (χ3n) is 4.33. The van der Waals surface area contributed by atoms with Gasteiger partial charge in [0.15, 0.2) is 0 Å². The fourth-order valence-electron chi connectivity index (χ4n) is 2.93. The summed E-state index contributed by atoms with van der Waals surface area (Å²) < 4.78 is 28.3. The maximum absolute atomic E-state index is 14.1. The van der Waals surface area contributed by atoms with Crippen LogP contribution in [0.25, 0.3) is 0 Å². The second-order valence-electron chi connectivity index (χ2n) is 6.24. The highest BCUT2D eigenvalue weighted by Crippen LogP contribution is 2.43. The molecule has 0 radical (unpaired) electrons. The highest BCUT2D eigenvalue weighted by molar-refractivity contribution is 5.88. The number of urea groups is 1. The molecule has 0 aliphatic heterocycles. The normalized spacial score (nSPS) is 15.2. The first kappa shape index (κ1) is 17.1. The van der Waals surface area contributed by atoms with Crippen LogP contribution in [0, 0.1) is 11.6 Å². The molecule has 6 nitrogen and oxygen atoms in total. The minimum Gasteiger partial charge on any atom is -0.363 e. The number of nitrogens with zero attached hydrogens (tertiary/aromatic N) is 3. The number of carbonyl (C=O) groups is 1. The summed E-state index contributed by atoms with van der Waals surface area (Å²) in [6.07, 6.45) is 3.24. The van der Waals surface area contributed by atoms with Crippen molar-refractivity contribution in [3.05, 3.63) is 47.7 Å². The highest BCUT2D eigenvalue weighted by Gasteiger charge is 2.44. The fourth-order valence-corrected chi connectivity index (χ4v) is 2.93. The Morgan fingerprint density at radius 1 is 1.20 bits per heavy atom. The predicted octanol–water partition coefficient (Wildman–Crippen LogP) is 3.02. The van der Waals surface area contributed by atoms with Gasteiger partial charge in [0.2, 0.25) is 5.95 Å². The van der Waals surface area contributed by atoms with Crippen LogP contribution in [0.15, 0.2) is 30.5 Å². The Kier molecular flexibility index (Phi) is 4.52. The number of rotatable bonds is 4. The molecule has 132 valence electrons. The molecule has 1 aliphatic carbocycles. The standard InChI is InChI=1S/C17H19F2N5O/c1-24(2)13-7-10-20-15(21-13)22-16(25)23-17(8-4-9-17)14-11(18)5-3-6-12(14)19/h3,5-7,10H,4,8-9H2,1-2H3,(H2,20,21,22,23,25). The lowest BCUT2D eigenvalue weighted by Gasteiger charge is -2.43. The van der Waals surface area contributed by atoms with Crippen molar-refractivity contribution < 1.29 is 13.6 Å². The number of hydrogen-bond donors (Lipinski definition) is 2. The van der Waals surface area contributed by atoms with E-state index >= 15 is 0 Å². The second kappa shape index (κ2) is 6.62. The monoisotopic (exact) mass is 347 g/mol. The quantitative estimate of drug-likeness (QED) is 0.892. The zero-order chi connectivity index (χ0) is 18.0. The van der Waals surface area contributed by atoms with E-state index in [4.69, 9.17) is 0 Å². The van der Waals surface area contributed by atoms with Crippen LogP contribution in [-0.2, 0) is 5.54 Å². The van der Waals surface area contributed by atoms with Gasteiger partial charge in [-0.2, -0.15) is 4.98 Å². The lowest BCUT2D eigenvalue weighted by Crippen LogP contribution is -2.53. The highest BCUT2D eigenvalue weighted by atomic mass is 19.1. The molecule has 1 aromatic heterocycles.